The summed E-state index contributed by atoms with van der Waals surface area (Å²) in [6, 6.07) is 18.2. The third-order valence-corrected chi connectivity index (χ3v) is 3.02. The van der Waals surface area contributed by atoms with E-state index >= 15 is 0 Å². The second-order valence-electron chi connectivity index (χ2n) is 4.51. The molecule has 0 amide bonds. The monoisotopic (exact) mass is 266 g/mol. The van der Waals surface area contributed by atoms with E-state index in [1.165, 1.54) is 18.2 Å². The molecule has 2 aromatic rings. The van der Waals surface area contributed by atoms with Crippen molar-refractivity contribution in [2.75, 3.05) is 7.05 Å². The zero-order valence-corrected chi connectivity index (χ0v) is 11.3. The Morgan fingerprint density at radius 3 is 2.40 bits per heavy atom. The van der Waals surface area contributed by atoms with Crippen LogP contribution in [0, 0.1) is 17.1 Å². The lowest BCUT2D eigenvalue weighted by molar-refractivity contribution is 0.475. The van der Waals surface area contributed by atoms with E-state index in [1.807, 2.05) is 42.3 Å². The van der Waals surface area contributed by atoms with Crippen molar-refractivity contribution >= 4 is 5.70 Å². The highest BCUT2D eigenvalue weighted by molar-refractivity contribution is 5.66. The van der Waals surface area contributed by atoms with Crippen LogP contribution in [0.4, 0.5) is 4.39 Å². The van der Waals surface area contributed by atoms with Crippen molar-refractivity contribution in [2.24, 2.45) is 0 Å². The Labute approximate surface area is 118 Å². The minimum Gasteiger partial charge on any atom is -0.369 e. The summed E-state index contributed by atoms with van der Waals surface area (Å²) < 4.78 is 13.0. The molecular weight excluding hydrogens is 251 g/mol. The average Bonchev–Trinajstić information content (AvgIpc) is 2.47. The van der Waals surface area contributed by atoms with Gasteiger partial charge in [-0.05, 0) is 35.4 Å². The largest absolute Gasteiger partial charge is 0.369 e. The maximum Gasteiger partial charge on any atom is 0.123 e. The van der Waals surface area contributed by atoms with E-state index < -0.39 is 0 Å². The molecule has 2 nitrogen and oxygen atoms in total. The third-order valence-electron chi connectivity index (χ3n) is 3.02. The number of halogens is 1. The summed E-state index contributed by atoms with van der Waals surface area (Å²) in [5.41, 5.74) is 2.75. The molecule has 0 aliphatic rings. The zero-order chi connectivity index (χ0) is 14.4. The number of hydrogen-bond acceptors (Lipinski definition) is 2. The van der Waals surface area contributed by atoms with Gasteiger partial charge in [-0.25, -0.2) is 4.39 Å². The highest BCUT2D eigenvalue weighted by Gasteiger charge is 2.08. The molecule has 0 N–H and O–H groups in total. The van der Waals surface area contributed by atoms with Crippen LogP contribution in [0.5, 0.6) is 0 Å². The molecule has 100 valence electrons. The van der Waals surface area contributed by atoms with Crippen LogP contribution in [0.3, 0.4) is 0 Å². The number of benzene rings is 2. The Morgan fingerprint density at radius 2 is 1.80 bits per heavy atom. The molecule has 0 spiro atoms. The topological polar surface area (TPSA) is 27.0 Å². The Bertz CT molecular complexity index is 624. The first-order chi connectivity index (χ1) is 9.70. The summed E-state index contributed by atoms with van der Waals surface area (Å²) in [7, 11) is 1.92. The Balaban J connectivity index is 2.23. The van der Waals surface area contributed by atoms with E-state index in [9.17, 15) is 4.39 Å². The van der Waals surface area contributed by atoms with Crippen LogP contribution >= 0.6 is 0 Å². The summed E-state index contributed by atoms with van der Waals surface area (Å²) in [6.45, 7) is 0.686. The molecule has 0 aliphatic heterocycles. The molecule has 0 bridgehead atoms. The summed E-state index contributed by atoms with van der Waals surface area (Å²) in [4.78, 5) is 1.98. The first kappa shape index (κ1) is 13.8. The molecule has 0 radical (unpaired) electrons. The van der Waals surface area contributed by atoms with Gasteiger partial charge in [0.05, 0.1) is 11.8 Å². The second kappa shape index (κ2) is 6.53. The lowest BCUT2D eigenvalue weighted by Crippen LogP contribution is -2.16. The van der Waals surface area contributed by atoms with Crippen LogP contribution in [0.25, 0.3) is 5.70 Å². The Kier molecular flexibility index (Phi) is 4.52. The standard InChI is InChI=1S/C17H15FN2/c1-20(13-14-5-3-2-4-6-14)17(11-12-19)15-7-9-16(18)10-8-15/h2-11H,13H2,1H3/b17-11-. The smallest absolute Gasteiger partial charge is 0.123 e. The highest BCUT2D eigenvalue weighted by atomic mass is 19.1. The van der Waals surface area contributed by atoms with Crippen LogP contribution in [0.15, 0.2) is 60.7 Å². The quantitative estimate of drug-likeness (QED) is 0.786. The molecule has 0 saturated carbocycles. The van der Waals surface area contributed by atoms with Crippen LogP contribution in [0.2, 0.25) is 0 Å². The zero-order valence-electron chi connectivity index (χ0n) is 11.3. The number of allylic oxidation sites excluding steroid dienone is 1. The van der Waals surface area contributed by atoms with Gasteiger partial charge >= 0.3 is 0 Å². The van der Waals surface area contributed by atoms with E-state index in [0.29, 0.717) is 6.54 Å². The van der Waals surface area contributed by atoms with E-state index in [2.05, 4.69) is 6.07 Å². The number of hydrogen-bond donors (Lipinski definition) is 0. The minimum atomic E-state index is -0.282. The molecule has 3 heteroatoms. The number of rotatable bonds is 4. The van der Waals surface area contributed by atoms with Crippen LogP contribution in [-0.4, -0.2) is 11.9 Å². The predicted molar refractivity (Wildman–Crippen MR) is 77.9 cm³/mol. The highest BCUT2D eigenvalue weighted by Crippen LogP contribution is 2.20. The van der Waals surface area contributed by atoms with Gasteiger partial charge in [0, 0.05) is 19.7 Å². The Morgan fingerprint density at radius 1 is 1.15 bits per heavy atom. The lowest BCUT2D eigenvalue weighted by Gasteiger charge is -2.22. The van der Waals surface area contributed by atoms with Gasteiger partial charge in [0.1, 0.15) is 5.82 Å². The van der Waals surface area contributed by atoms with Gasteiger partial charge in [-0.3, -0.25) is 0 Å². The van der Waals surface area contributed by atoms with Crippen molar-refractivity contribution in [1.29, 1.82) is 5.26 Å². The van der Waals surface area contributed by atoms with Crippen molar-refractivity contribution in [3.63, 3.8) is 0 Å². The van der Waals surface area contributed by atoms with Crippen LogP contribution in [-0.2, 0) is 6.54 Å². The summed E-state index contributed by atoms with van der Waals surface area (Å²) in [6.07, 6.45) is 1.48. The van der Waals surface area contributed by atoms with Gasteiger partial charge in [-0.2, -0.15) is 5.26 Å². The van der Waals surface area contributed by atoms with Gasteiger partial charge in [0.25, 0.3) is 0 Å². The minimum absolute atomic E-state index is 0.282. The fourth-order valence-electron chi connectivity index (χ4n) is 2.04. The SMILES string of the molecule is CN(Cc1ccccc1)/C(=C\C#N)c1ccc(F)cc1. The first-order valence-corrected chi connectivity index (χ1v) is 6.31. The average molecular weight is 266 g/mol. The van der Waals surface area contributed by atoms with Crippen LogP contribution in [0.1, 0.15) is 11.1 Å². The van der Waals surface area contributed by atoms with Crippen molar-refractivity contribution in [1.82, 2.24) is 4.90 Å². The number of nitriles is 1. The normalized spacial score (nSPS) is 10.9. The van der Waals surface area contributed by atoms with Gasteiger partial charge < -0.3 is 4.90 Å². The first-order valence-electron chi connectivity index (χ1n) is 6.31. The number of nitrogens with zero attached hydrogens (tertiary/aromatic N) is 2. The third kappa shape index (κ3) is 3.46. The molecule has 0 saturated heterocycles. The molecule has 0 aromatic heterocycles. The van der Waals surface area contributed by atoms with Crippen molar-refractivity contribution in [2.45, 2.75) is 6.54 Å². The Hall–Kier alpha value is -2.60. The van der Waals surface area contributed by atoms with Gasteiger partial charge in [-0.1, -0.05) is 30.3 Å². The van der Waals surface area contributed by atoms with Gasteiger partial charge in [0.2, 0.25) is 0 Å². The molecule has 0 aliphatic carbocycles. The molecule has 2 rings (SSSR count). The maximum atomic E-state index is 13.0. The summed E-state index contributed by atoms with van der Waals surface area (Å²) in [5, 5.41) is 8.94. The molecule has 20 heavy (non-hydrogen) atoms. The summed E-state index contributed by atoms with van der Waals surface area (Å²) >= 11 is 0. The lowest BCUT2D eigenvalue weighted by atomic mass is 10.1. The van der Waals surface area contributed by atoms with Crippen molar-refractivity contribution in [3.8, 4) is 6.07 Å². The molecule has 0 fully saturated rings. The van der Waals surface area contributed by atoms with E-state index in [1.54, 1.807) is 12.1 Å². The maximum absolute atomic E-state index is 13.0. The van der Waals surface area contributed by atoms with Crippen molar-refractivity contribution in [3.05, 3.63) is 77.6 Å². The molecule has 0 unspecified atom stereocenters. The molecular formula is C17H15FN2. The van der Waals surface area contributed by atoms with Crippen molar-refractivity contribution < 1.29 is 4.39 Å². The van der Waals surface area contributed by atoms with Crippen LogP contribution < -0.4 is 0 Å². The van der Waals surface area contributed by atoms with E-state index in [4.69, 9.17) is 5.26 Å². The summed E-state index contributed by atoms with van der Waals surface area (Å²) in [5.74, 6) is -0.282. The van der Waals surface area contributed by atoms with E-state index in [-0.39, 0.29) is 5.82 Å². The van der Waals surface area contributed by atoms with Gasteiger partial charge in [0.15, 0.2) is 0 Å². The molecule has 0 atom stereocenters. The predicted octanol–water partition coefficient (Wildman–Crippen LogP) is 3.82. The fourth-order valence-corrected chi connectivity index (χ4v) is 2.04. The second-order valence-corrected chi connectivity index (χ2v) is 4.51. The van der Waals surface area contributed by atoms with Gasteiger partial charge in [-0.15, -0.1) is 0 Å². The fraction of sp³-hybridized carbons (Fsp3) is 0.118. The van der Waals surface area contributed by atoms with E-state index in [0.717, 1.165) is 16.8 Å². The molecule has 2 aromatic carbocycles. The molecule has 0 heterocycles.